The molecule has 4 atom stereocenters. The van der Waals surface area contributed by atoms with E-state index in [2.05, 4.69) is 5.32 Å². The molecule has 0 spiro atoms. The standard InChI is InChI=1S/C10H20N2O6/c1-6(15)12-8(5-14)10(18,2-3-11)9(17)7(16)4-13/h5,7-9,13,16-18H,2-4,11H2,1H3,(H,12,15)/t7-,8+,9-,10-/m1/s1. The highest BCUT2D eigenvalue weighted by molar-refractivity contribution is 5.78. The average molecular weight is 264 g/mol. The van der Waals surface area contributed by atoms with Crippen LogP contribution >= 0.6 is 0 Å². The molecule has 0 bridgehead atoms. The van der Waals surface area contributed by atoms with Gasteiger partial charge in [0.1, 0.15) is 30.1 Å². The largest absolute Gasteiger partial charge is 0.394 e. The average Bonchev–Trinajstić information content (AvgIpc) is 2.33. The van der Waals surface area contributed by atoms with Gasteiger partial charge >= 0.3 is 0 Å². The molecule has 8 heteroatoms. The minimum atomic E-state index is -2.15. The topological polar surface area (TPSA) is 153 Å². The van der Waals surface area contributed by atoms with Crippen molar-refractivity contribution in [1.82, 2.24) is 5.32 Å². The molecule has 0 heterocycles. The second-order valence-electron chi connectivity index (χ2n) is 4.04. The maximum Gasteiger partial charge on any atom is 0.217 e. The van der Waals surface area contributed by atoms with Gasteiger partial charge in [-0.1, -0.05) is 0 Å². The zero-order valence-electron chi connectivity index (χ0n) is 10.1. The van der Waals surface area contributed by atoms with Crippen molar-refractivity contribution in [2.45, 2.75) is 37.2 Å². The summed E-state index contributed by atoms with van der Waals surface area (Å²) in [7, 11) is 0. The van der Waals surface area contributed by atoms with Crippen LogP contribution in [-0.2, 0) is 9.59 Å². The summed E-state index contributed by atoms with van der Waals surface area (Å²) in [6.45, 7) is 0.240. The predicted molar refractivity (Wildman–Crippen MR) is 61.4 cm³/mol. The molecule has 8 nitrogen and oxygen atoms in total. The first-order chi connectivity index (χ1) is 8.33. The summed E-state index contributed by atoms with van der Waals surface area (Å²) in [6.07, 6.45) is -3.48. The molecule has 0 aliphatic carbocycles. The van der Waals surface area contributed by atoms with E-state index in [0.29, 0.717) is 0 Å². The number of carbonyl (C=O) groups excluding carboxylic acids is 2. The lowest BCUT2D eigenvalue weighted by Gasteiger charge is -2.38. The Morgan fingerprint density at radius 2 is 2.06 bits per heavy atom. The first-order valence-corrected chi connectivity index (χ1v) is 5.45. The first kappa shape index (κ1) is 16.9. The highest BCUT2D eigenvalue weighted by Gasteiger charge is 2.46. The van der Waals surface area contributed by atoms with Gasteiger partial charge in [-0.05, 0) is 13.0 Å². The van der Waals surface area contributed by atoms with Crippen molar-refractivity contribution in [3.8, 4) is 0 Å². The molecule has 0 unspecified atom stereocenters. The van der Waals surface area contributed by atoms with Crippen molar-refractivity contribution in [2.75, 3.05) is 13.2 Å². The summed E-state index contributed by atoms with van der Waals surface area (Å²) in [4.78, 5) is 21.8. The van der Waals surface area contributed by atoms with Crippen LogP contribution in [-0.4, -0.2) is 69.6 Å². The Morgan fingerprint density at radius 3 is 2.39 bits per heavy atom. The van der Waals surface area contributed by atoms with Crippen LogP contribution in [0.2, 0.25) is 0 Å². The Morgan fingerprint density at radius 1 is 1.50 bits per heavy atom. The van der Waals surface area contributed by atoms with E-state index in [0.717, 1.165) is 6.92 Å². The van der Waals surface area contributed by atoms with Crippen LogP contribution in [0.15, 0.2) is 0 Å². The summed E-state index contributed by atoms with van der Waals surface area (Å²) >= 11 is 0. The van der Waals surface area contributed by atoms with Gasteiger partial charge in [0, 0.05) is 6.92 Å². The fourth-order valence-electron chi connectivity index (χ4n) is 1.65. The van der Waals surface area contributed by atoms with E-state index >= 15 is 0 Å². The van der Waals surface area contributed by atoms with Crippen LogP contribution in [0.4, 0.5) is 0 Å². The van der Waals surface area contributed by atoms with E-state index in [-0.39, 0.29) is 19.3 Å². The maximum atomic E-state index is 10.9. The van der Waals surface area contributed by atoms with E-state index in [4.69, 9.17) is 10.8 Å². The Balaban J connectivity index is 5.19. The predicted octanol–water partition coefficient (Wildman–Crippen LogP) is -3.52. The van der Waals surface area contributed by atoms with Gasteiger partial charge in [0.15, 0.2) is 0 Å². The van der Waals surface area contributed by atoms with Gasteiger partial charge in [-0.3, -0.25) is 4.79 Å². The van der Waals surface area contributed by atoms with Crippen molar-refractivity contribution >= 4 is 12.2 Å². The molecule has 0 aliphatic rings. The van der Waals surface area contributed by atoms with Crippen LogP contribution in [0, 0.1) is 0 Å². The third-order valence-electron chi connectivity index (χ3n) is 2.64. The molecule has 1 amide bonds. The fraction of sp³-hybridized carbons (Fsp3) is 0.800. The van der Waals surface area contributed by atoms with Gasteiger partial charge in [-0.15, -0.1) is 0 Å². The number of aliphatic hydroxyl groups excluding tert-OH is 3. The van der Waals surface area contributed by atoms with E-state index in [1.54, 1.807) is 0 Å². The number of amides is 1. The molecule has 7 N–H and O–H groups in total. The Labute approximate surface area is 104 Å². The zero-order chi connectivity index (χ0) is 14.3. The SMILES string of the molecule is CC(=O)N[C@@H](C=O)[C@](O)(CCN)[C@H](O)[C@H](O)CO. The van der Waals surface area contributed by atoms with Gasteiger partial charge in [0.25, 0.3) is 0 Å². The first-order valence-electron chi connectivity index (χ1n) is 5.45. The van der Waals surface area contributed by atoms with Crippen molar-refractivity contribution in [3.05, 3.63) is 0 Å². The molecule has 0 rings (SSSR count). The summed E-state index contributed by atoms with van der Waals surface area (Å²) in [5, 5.41) is 40.2. The van der Waals surface area contributed by atoms with Crippen molar-refractivity contribution < 1.29 is 30.0 Å². The fourth-order valence-corrected chi connectivity index (χ4v) is 1.65. The second kappa shape index (κ2) is 7.39. The summed E-state index contributed by atoms with van der Waals surface area (Å²) in [6, 6.07) is -1.44. The van der Waals surface area contributed by atoms with Gasteiger partial charge in [0.05, 0.1) is 6.61 Å². The number of aliphatic hydroxyl groups is 4. The molecule has 0 aromatic heterocycles. The van der Waals surface area contributed by atoms with Crippen molar-refractivity contribution in [1.29, 1.82) is 0 Å². The number of nitrogens with two attached hydrogens (primary N) is 1. The lowest BCUT2D eigenvalue weighted by Crippen LogP contribution is -2.63. The van der Waals surface area contributed by atoms with E-state index in [1.165, 1.54) is 0 Å². The third-order valence-corrected chi connectivity index (χ3v) is 2.64. The number of hydrogen-bond acceptors (Lipinski definition) is 7. The van der Waals surface area contributed by atoms with E-state index < -0.39 is 36.4 Å². The van der Waals surface area contributed by atoms with Crippen LogP contribution in [0.5, 0.6) is 0 Å². The molecular formula is C10H20N2O6. The Bertz CT molecular complexity index is 288. The van der Waals surface area contributed by atoms with Gasteiger partial charge in [-0.2, -0.15) is 0 Å². The van der Waals surface area contributed by atoms with Gasteiger partial charge in [0.2, 0.25) is 5.91 Å². The summed E-state index contributed by atoms with van der Waals surface area (Å²) in [5.41, 5.74) is 3.12. The minimum Gasteiger partial charge on any atom is -0.394 e. The smallest absolute Gasteiger partial charge is 0.217 e. The molecule has 0 saturated heterocycles. The van der Waals surface area contributed by atoms with Gasteiger partial charge in [-0.25, -0.2) is 0 Å². The highest BCUT2D eigenvalue weighted by atomic mass is 16.4. The van der Waals surface area contributed by atoms with E-state index in [9.17, 15) is 24.9 Å². The molecule has 106 valence electrons. The van der Waals surface area contributed by atoms with Crippen LogP contribution in [0.25, 0.3) is 0 Å². The molecule has 0 aromatic carbocycles. The van der Waals surface area contributed by atoms with Crippen LogP contribution in [0.3, 0.4) is 0 Å². The number of carbonyl (C=O) groups is 2. The van der Waals surface area contributed by atoms with E-state index in [1.807, 2.05) is 0 Å². The molecule has 0 radical (unpaired) electrons. The zero-order valence-corrected chi connectivity index (χ0v) is 10.1. The maximum absolute atomic E-state index is 10.9. The lowest BCUT2D eigenvalue weighted by atomic mass is 9.83. The normalized spacial score (nSPS) is 19.4. The summed E-state index contributed by atoms with van der Waals surface area (Å²) in [5.74, 6) is -0.590. The molecular weight excluding hydrogens is 244 g/mol. The lowest BCUT2D eigenvalue weighted by molar-refractivity contribution is -0.159. The molecule has 0 aromatic rings. The van der Waals surface area contributed by atoms with Crippen LogP contribution < -0.4 is 11.1 Å². The molecule has 0 aliphatic heterocycles. The summed E-state index contributed by atoms with van der Waals surface area (Å²) < 4.78 is 0. The van der Waals surface area contributed by atoms with Crippen molar-refractivity contribution in [3.63, 3.8) is 0 Å². The van der Waals surface area contributed by atoms with Crippen LogP contribution in [0.1, 0.15) is 13.3 Å². The number of rotatable bonds is 8. The molecule has 18 heavy (non-hydrogen) atoms. The molecule has 0 fully saturated rings. The minimum absolute atomic E-state index is 0.0877. The Kier molecular flexibility index (Phi) is 6.96. The number of aldehydes is 1. The monoisotopic (exact) mass is 264 g/mol. The number of hydrogen-bond donors (Lipinski definition) is 6. The molecule has 0 saturated carbocycles. The Hall–Kier alpha value is -1.06. The van der Waals surface area contributed by atoms with Gasteiger partial charge < -0.3 is 36.3 Å². The second-order valence-corrected chi connectivity index (χ2v) is 4.04. The number of nitrogens with one attached hydrogen (secondary N) is 1. The van der Waals surface area contributed by atoms with Crippen molar-refractivity contribution in [2.24, 2.45) is 5.73 Å². The quantitative estimate of drug-likeness (QED) is 0.248. The third kappa shape index (κ3) is 4.00. The highest BCUT2D eigenvalue weighted by Crippen LogP contribution is 2.22.